The SMILES string of the molecule is CO[C@@H]1C(O)[C@H]([n+]2cn(C)c3c(=O)[nH]c(N)nc32)O[C@@H]1COP(=O)(O)OP(=O)(O)OP(=O)(O)OC[C@]12CO[C@@H](C1OP(=O)(O)OC[C@H]1O[C@@H](n3ccc(=O)[nH]c3=O)[C@@H](O)C1O)[C@H](n1cnc3c(N)ncnc31)O2. The molecule has 4 saturated heterocycles. The second kappa shape index (κ2) is 19.5. The number of phosphoric ester groups is 3. The Labute approximate surface area is 404 Å². The Morgan fingerprint density at radius 2 is 1.56 bits per heavy atom. The summed E-state index contributed by atoms with van der Waals surface area (Å²) in [5.74, 6) is -0.355. The Balaban J connectivity index is 0.870. The summed E-state index contributed by atoms with van der Waals surface area (Å²) in [4.78, 5) is 99.4. The highest BCUT2D eigenvalue weighted by Crippen LogP contribution is 2.68. The molecule has 4 aliphatic heterocycles. The Morgan fingerprint density at radius 3 is 2.27 bits per heavy atom. The summed E-state index contributed by atoms with van der Waals surface area (Å²) >= 11 is 0. The maximum atomic E-state index is 13.6. The molecule has 0 radical (unpaired) electrons. The number of methoxy groups -OCH3 is 1. The summed E-state index contributed by atoms with van der Waals surface area (Å²) in [6.07, 6.45) is -12.9. The molecule has 9 heterocycles. The predicted octanol–water partition coefficient (Wildman–Crippen LogP) is -4.47. The van der Waals surface area contributed by atoms with Crippen molar-refractivity contribution in [2.75, 3.05) is 45.0 Å². The van der Waals surface area contributed by atoms with Gasteiger partial charge in [0.15, 0.2) is 30.2 Å². The van der Waals surface area contributed by atoms with Crippen molar-refractivity contribution in [3.8, 4) is 0 Å². The van der Waals surface area contributed by atoms with E-state index in [1.165, 1.54) is 27.1 Å². The van der Waals surface area contributed by atoms with Gasteiger partial charge in [-0.3, -0.25) is 51.4 Å². The van der Waals surface area contributed by atoms with Crippen LogP contribution in [0.2, 0.25) is 0 Å². The molecule has 73 heavy (non-hydrogen) atoms. The maximum absolute atomic E-state index is 13.6. The lowest BCUT2D eigenvalue weighted by atomic mass is 10.0. The van der Waals surface area contributed by atoms with Crippen molar-refractivity contribution in [1.29, 1.82) is 0 Å². The van der Waals surface area contributed by atoms with E-state index in [2.05, 4.69) is 33.5 Å². The summed E-state index contributed by atoms with van der Waals surface area (Å²) in [7, 11) is -20.8. The number of hydrogen-bond donors (Lipinski definition) is 11. The van der Waals surface area contributed by atoms with Gasteiger partial charge in [-0.15, -0.1) is 0 Å². The Hall–Kier alpha value is -4.62. The van der Waals surface area contributed by atoms with Gasteiger partial charge in [-0.25, -0.2) is 42.6 Å². The number of H-pyrrole nitrogens is 2. The number of nitrogens with zero attached hydrogens (tertiary/aromatic N) is 8. The molecular weight excluding hydrogens is 1080 g/mol. The molecular formula is C32H43N12O25P4+. The van der Waals surface area contributed by atoms with Gasteiger partial charge < -0.3 is 70.0 Å². The van der Waals surface area contributed by atoms with Crippen LogP contribution >= 0.6 is 31.3 Å². The monoisotopic (exact) mass is 1120 g/mol. The number of fused-ring (bicyclic) bond motifs is 4. The maximum Gasteiger partial charge on any atom is 0.490 e. The number of phosphoric acid groups is 4. The van der Waals surface area contributed by atoms with Crippen molar-refractivity contribution >= 4 is 65.4 Å². The van der Waals surface area contributed by atoms with Crippen molar-refractivity contribution in [3.63, 3.8) is 0 Å². The molecule has 16 atom stereocenters. The first kappa shape index (κ1) is 53.2. The normalized spacial score (nSPS) is 32.5. The second-order valence-corrected chi connectivity index (χ2v) is 22.5. The number of anilines is 2. The lowest BCUT2D eigenvalue weighted by Gasteiger charge is -2.32. The minimum atomic E-state index is -6.19. The number of aliphatic hydroxyl groups excluding tert-OH is 3. The van der Waals surface area contributed by atoms with Crippen LogP contribution in [-0.4, -0.2) is 166 Å². The van der Waals surface area contributed by atoms with E-state index in [1.54, 1.807) is 0 Å². The molecule has 41 heteroatoms. The van der Waals surface area contributed by atoms with Crippen molar-refractivity contribution in [1.82, 2.24) is 43.6 Å². The van der Waals surface area contributed by atoms with Gasteiger partial charge in [0.2, 0.25) is 11.7 Å². The third-order valence-electron chi connectivity index (χ3n) is 11.7. The number of hydrogen-bond acceptors (Lipinski definition) is 27. The van der Waals surface area contributed by atoms with Gasteiger partial charge in [0.05, 0.1) is 39.8 Å². The number of nitrogen functional groups attached to an aromatic ring is 2. The zero-order valence-corrected chi connectivity index (χ0v) is 40.6. The van der Waals surface area contributed by atoms with E-state index in [0.717, 1.165) is 36.6 Å². The quantitative estimate of drug-likeness (QED) is 0.0274. The summed E-state index contributed by atoms with van der Waals surface area (Å²) in [5, 5.41) is 32.3. The van der Waals surface area contributed by atoms with Crippen LogP contribution in [-0.2, 0) is 75.7 Å². The number of aryl methyl sites for hydroxylation is 1. The molecule has 4 fully saturated rings. The van der Waals surface area contributed by atoms with E-state index in [1.807, 2.05) is 4.98 Å². The van der Waals surface area contributed by atoms with E-state index in [-0.39, 0.29) is 34.1 Å². The van der Waals surface area contributed by atoms with Crippen LogP contribution in [0.1, 0.15) is 18.7 Å². The highest BCUT2D eigenvalue weighted by atomic mass is 31.3. The van der Waals surface area contributed by atoms with E-state index in [9.17, 15) is 67.5 Å². The molecule has 9 rings (SSSR count). The molecule has 4 aliphatic rings. The van der Waals surface area contributed by atoms with Gasteiger partial charge in [0, 0.05) is 19.4 Å². The fourth-order valence-electron chi connectivity index (χ4n) is 8.51. The first-order chi connectivity index (χ1) is 34.2. The van der Waals surface area contributed by atoms with E-state index in [4.69, 9.17) is 53.2 Å². The topological polar surface area (TPSA) is 516 Å². The fourth-order valence-corrected chi connectivity index (χ4v) is 13.1. The lowest BCUT2D eigenvalue weighted by molar-refractivity contribution is -0.745. The summed E-state index contributed by atoms with van der Waals surface area (Å²) in [6.45, 7) is -3.96. The van der Waals surface area contributed by atoms with Gasteiger partial charge >= 0.3 is 42.6 Å². The fraction of sp³-hybridized carbons (Fsp3) is 0.562. The number of nitrogens with two attached hydrogens (primary N) is 2. The summed E-state index contributed by atoms with van der Waals surface area (Å²) in [5.41, 5.74) is 6.99. The third-order valence-corrected chi connectivity index (χ3v) is 16.9. The number of aliphatic hydroxyl groups is 3. The summed E-state index contributed by atoms with van der Waals surface area (Å²) in [6, 6.07) is 0.928. The Morgan fingerprint density at radius 1 is 0.863 bits per heavy atom. The van der Waals surface area contributed by atoms with Crippen LogP contribution in [0.25, 0.3) is 22.3 Å². The highest BCUT2D eigenvalue weighted by molar-refractivity contribution is 7.66. The van der Waals surface area contributed by atoms with Gasteiger partial charge in [0.25, 0.3) is 17.1 Å². The Bertz CT molecular complexity index is 3320. The minimum absolute atomic E-state index is 0.0213. The molecule has 2 bridgehead atoms. The van der Waals surface area contributed by atoms with Crippen LogP contribution in [0.5, 0.6) is 0 Å². The van der Waals surface area contributed by atoms with Crippen molar-refractivity contribution < 1.29 is 108 Å². The third kappa shape index (κ3) is 10.4. The molecule has 0 spiro atoms. The molecule has 13 N–H and O–H groups in total. The van der Waals surface area contributed by atoms with Crippen molar-refractivity contribution in [3.05, 3.63) is 62.4 Å². The molecule has 7 unspecified atom stereocenters. The van der Waals surface area contributed by atoms with E-state index in [0.29, 0.717) is 0 Å². The minimum Gasteiger partial charge on any atom is -0.387 e. The molecule has 0 amide bonds. The standard InChI is InChI=1S/C32H42N12O25P4/c1-41-11-44(25-16(41)26(49)40-30(34)39-25)28-19(48)20(59-2)13(65-28)6-62-71(53,54)68-73(57,58)69-72(55,56)63-8-32-7-60-21(29(66-32)43-10-37-15-23(33)35-9-36-24(15)43)22(32)67-70(51,52)61-5-12-17(46)18(47)27(64-12)42-4-3-14(45)38-31(42)50/h3-4,9-13,17-22,27-29,46-48H,5-8H2,1-2H3,(H9-,33,34,35,36,38,39,40,45,49,50,51,52,53,54,55,56,57,58)/p+1/t12-,13-,17?,18+,19?,20+,21+,22?,27-,28-,29-,32-/m1/s1. The number of imidazole rings is 2. The average Bonchev–Trinajstić information content (AvgIpc) is 4.14. The second-order valence-electron chi connectivity index (χ2n) is 16.4. The number of aromatic amines is 2. The van der Waals surface area contributed by atoms with E-state index < -0.39 is 148 Å². The van der Waals surface area contributed by atoms with Crippen LogP contribution in [0.4, 0.5) is 11.8 Å². The zero-order chi connectivity index (χ0) is 52.7. The average molecular weight is 1120 g/mol. The smallest absolute Gasteiger partial charge is 0.387 e. The summed E-state index contributed by atoms with van der Waals surface area (Å²) < 4.78 is 115. The Kier molecular flexibility index (Phi) is 14.2. The first-order valence-electron chi connectivity index (χ1n) is 20.8. The van der Waals surface area contributed by atoms with E-state index >= 15 is 0 Å². The molecule has 5 aromatic heterocycles. The number of nitrogens with one attached hydrogen (secondary N) is 2. The van der Waals surface area contributed by atoms with Crippen molar-refractivity contribution in [2.45, 2.75) is 73.1 Å². The van der Waals surface area contributed by atoms with Gasteiger partial charge in [-0.1, -0.05) is 4.98 Å². The van der Waals surface area contributed by atoms with Gasteiger partial charge in [-0.2, -0.15) is 8.62 Å². The molecule has 5 aromatic rings. The number of ether oxygens (including phenoxy) is 5. The van der Waals surface area contributed by atoms with Gasteiger partial charge in [0.1, 0.15) is 66.3 Å². The number of aromatic nitrogens is 10. The van der Waals surface area contributed by atoms with Crippen LogP contribution < -0.4 is 32.8 Å². The van der Waals surface area contributed by atoms with Crippen LogP contribution in [0, 0.1) is 0 Å². The van der Waals surface area contributed by atoms with Gasteiger partial charge in [-0.05, 0) is 0 Å². The van der Waals surface area contributed by atoms with Crippen LogP contribution in [0.3, 0.4) is 0 Å². The highest BCUT2D eigenvalue weighted by Gasteiger charge is 2.66. The molecule has 0 aromatic carbocycles. The largest absolute Gasteiger partial charge is 0.490 e. The first-order valence-corrected chi connectivity index (χ1v) is 26.7. The molecule has 0 aliphatic carbocycles. The lowest BCUT2D eigenvalue weighted by Crippen LogP contribution is -2.46. The molecule has 0 saturated carbocycles. The number of rotatable bonds is 19. The zero-order valence-electron chi connectivity index (χ0n) is 37.1. The predicted molar refractivity (Wildman–Crippen MR) is 230 cm³/mol. The van der Waals surface area contributed by atoms with Crippen molar-refractivity contribution in [2.24, 2.45) is 7.05 Å². The van der Waals surface area contributed by atoms with Crippen LogP contribution in [0.15, 0.2) is 45.6 Å². The molecule has 37 nitrogen and oxygen atoms in total. The molecule has 400 valence electrons.